The van der Waals surface area contributed by atoms with Crippen molar-refractivity contribution in [3.8, 4) is 0 Å². The van der Waals surface area contributed by atoms with Gasteiger partial charge in [-0.25, -0.2) is 15.0 Å². The van der Waals surface area contributed by atoms with Crippen LogP contribution in [0.15, 0.2) is 18.6 Å². The monoisotopic (exact) mass is 303 g/mol. The van der Waals surface area contributed by atoms with Crippen LogP contribution in [0, 0.1) is 5.92 Å². The summed E-state index contributed by atoms with van der Waals surface area (Å²) in [4.78, 5) is 23.6. The standard InChI is InChI=1S/C15H21N5O2/c1-10-4-5-11(15(21)22-3)8-20(10)19(2)14-12-6-7-16-13(12)17-9-18-14/h6-7,9-11H,4-5,8H2,1-3H3,(H,16,17,18). The molecule has 22 heavy (non-hydrogen) atoms. The molecule has 0 amide bonds. The topological polar surface area (TPSA) is 74.3 Å². The number of nitrogens with zero attached hydrogens (tertiary/aromatic N) is 4. The number of rotatable bonds is 3. The molecule has 118 valence electrons. The Labute approximate surface area is 129 Å². The van der Waals surface area contributed by atoms with E-state index in [0.717, 1.165) is 29.7 Å². The van der Waals surface area contributed by atoms with Crippen molar-refractivity contribution in [2.24, 2.45) is 5.92 Å². The summed E-state index contributed by atoms with van der Waals surface area (Å²) < 4.78 is 4.90. The van der Waals surface area contributed by atoms with Gasteiger partial charge in [0.1, 0.15) is 12.0 Å². The molecule has 0 spiro atoms. The van der Waals surface area contributed by atoms with Crippen LogP contribution in [0.25, 0.3) is 11.0 Å². The first-order chi connectivity index (χ1) is 10.6. The number of carbonyl (C=O) groups is 1. The SMILES string of the molecule is COC(=O)C1CCC(C)N(N(C)c2ncnc3[nH]ccc23)C1. The van der Waals surface area contributed by atoms with Gasteiger partial charge in [-0.2, -0.15) is 0 Å². The Morgan fingerprint density at radius 1 is 1.45 bits per heavy atom. The maximum atomic E-state index is 11.9. The van der Waals surface area contributed by atoms with Crippen LogP contribution in [0.2, 0.25) is 0 Å². The van der Waals surface area contributed by atoms with Crippen LogP contribution in [-0.4, -0.2) is 52.7 Å². The van der Waals surface area contributed by atoms with Crippen molar-refractivity contribution in [3.63, 3.8) is 0 Å². The van der Waals surface area contributed by atoms with Crippen LogP contribution >= 0.6 is 0 Å². The van der Waals surface area contributed by atoms with Gasteiger partial charge in [0.2, 0.25) is 0 Å². The number of H-pyrrole nitrogens is 1. The Bertz CT molecular complexity index is 671. The van der Waals surface area contributed by atoms with Crippen molar-refractivity contribution in [2.75, 3.05) is 25.7 Å². The summed E-state index contributed by atoms with van der Waals surface area (Å²) >= 11 is 0. The molecule has 0 aliphatic carbocycles. The predicted octanol–water partition coefficient (Wildman–Crippen LogP) is 1.58. The van der Waals surface area contributed by atoms with Crippen LogP contribution in [-0.2, 0) is 9.53 Å². The number of hydrogen-bond acceptors (Lipinski definition) is 6. The van der Waals surface area contributed by atoms with Crippen molar-refractivity contribution in [2.45, 2.75) is 25.8 Å². The number of anilines is 1. The van der Waals surface area contributed by atoms with Gasteiger partial charge >= 0.3 is 5.97 Å². The van der Waals surface area contributed by atoms with Gasteiger partial charge in [0, 0.05) is 25.8 Å². The van der Waals surface area contributed by atoms with Crippen LogP contribution < -0.4 is 5.01 Å². The summed E-state index contributed by atoms with van der Waals surface area (Å²) in [6, 6.07) is 2.31. The molecule has 7 heteroatoms. The number of carbonyl (C=O) groups excluding carboxylic acids is 1. The molecule has 2 aromatic rings. The molecular formula is C15H21N5O2. The minimum absolute atomic E-state index is 0.0906. The number of hydrazine groups is 1. The Morgan fingerprint density at radius 3 is 3.05 bits per heavy atom. The van der Waals surface area contributed by atoms with Crippen LogP contribution in [0.4, 0.5) is 5.82 Å². The zero-order valence-electron chi connectivity index (χ0n) is 13.1. The lowest BCUT2D eigenvalue weighted by molar-refractivity contribution is -0.148. The van der Waals surface area contributed by atoms with Crippen molar-refractivity contribution < 1.29 is 9.53 Å². The number of nitrogens with one attached hydrogen (secondary N) is 1. The lowest BCUT2D eigenvalue weighted by Gasteiger charge is -2.42. The van der Waals surface area contributed by atoms with E-state index in [1.54, 1.807) is 6.33 Å². The average Bonchev–Trinajstić information content (AvgIpc) is 3.02. The molecule has 2 unspecified atom stereocenters. The van der Waals surface area contributed by atoms with Gasteiger partial charge in [-0.3, -0.25) is 9.80 Å². The Balaban J connectivity index is 1.88. The molecule has 1 aliphatic rings. The van der Waals surface area contributed by atoms with Gasteiger partial charge in [0.25, 0.3) is 0 Å². The Morgan fingerprint density at radius 2 is 2.27 bits per heavy atom. The van der Waals surface area contributed by atoms with Gasteiger partial charge < -0.3 is 9.72 Å². The van der Waals surface area contributed by atoms with Crippen LogP contribution in [0.5, 0.6) is 0 Å². The second-order valence-electron chi connectivity index (χ2n) is 5.73. The summed E-state index contributed by atoms with van der Waals surface area (Å²) in [5.74, 6) is 0.607. The molecule has 7 nitrogen and oxygen atoms in total. The first kappa shape index (κ1) is 14.8. The minimum Gasteiger partial charge on any atom is -0.469 e. The summed E-state index contributed by atoms with van der Waals surface area (Å²) in [6.07, 6.45) is 5.22. The quantitative estimate of drug-likeness (QED) is 0.868. The molecule has 0 bridgehead atoms. The molecule has 1 aliphatic heterocycles. The van der Waals surface area contributed by atoms with E-state index in [9.17, 15) is 4.79 Å². The number of hydrogen-bond donors (Lipinski definition) is 1. The third-order valence-electron chi connectivity index (χ3n) is 4.41. The molecule has 2 aromatic heterocycles. The molecule has 0 aromatic carbocycles. The maximum absolute atomic E-state index is 11.9. The molecule has 0 radical (unpaired) electrons. The predicted molar refractivity (Wildman–Crippen MR) is 83.2 cm³/mol. The maximum Gasteiger partial charge on any atom is 0.310 e. The second-order valence-corrected chi connectivity index (χ2v) is 5.73. The Kier molecular flexibility index (Phi) is 3.98. The molecule has 3 heterocycles. The molecule has 0 saturated carbocycles. The fraction of sp³-hybridized carbons (Fsp3) is 0.533. The van der Waals surface area contributed by atoms with E-state index < -0.39 is 0 Å². The largest absolute Gasteiger partial charge is 0.469 e. The highest BCUT2D eigenvalue weighted by molar-refractivity contribution is 5.86. The highest BCUT2D eigenvalue weighted by Crippen LogP contribution is 2.28. The van der Waals surface area contributed by atoms with Crippen LogP contribution in [0.1, 0.15) is 19.8 Å². The first-order valence-electron chi connectivity index (χ1n) is 7.48. The summed E-state index contributed by atoms with van der Waals surface area (Å²) in [7, 11) is 3.42. The van der Waals surface area contributed by atoms with Crippen LogP contribution in [0.3, 0.4) is 0 Å². The Hall–Kier alpha value is -2.15. The summed E-state index contributed by atoms with van der Waals surface area (Å²) in [5.41, 5.74) is 0.811. The number of ether oxygens (including phenoxy) is 1. The molecular weight excluding hydrogens is 282 g/mol. The normalized spacial score (nSPS) is 22.7. The van der Waals surface area contributed by atoms with E-state index in [1.165, 1.54) is 7.11 Å². The van der Waals surface area contributed by atoms with E-state index in [-0.39, 0.29) is 11.9 Å². The van der Waals surface area contributed by atoms with Gasteiger partial charge in [0.05, 0.1) is 18.4 Å². The third kappa shape index (κ3) is 2.52. The van der Waals surface area contributed by atoms with Gasteiger partial charge in [-0.15, -0.1) is 0 Å². The van der Waals surface area contributed by atoms with E-state index in [0.29, 0.717) is 12.6 Å². The van der Waals surface area contributed by atoms with E-state index in [2.05, 4.69) is 26.9 Å². The summed E-state index contributed by atoms with van der Waals surface area (Å²) in [5, 5.41) is 5.18. The number of fused-ring (bicyclic) bond motifs is 1. The average molecular weight is 303 g/mol. The highest BCUT2D eigenvalue weighted by Gasteiger charge is 2.33. The number of methoxy groups -OCH3 is 1. The van der Waals surface area contributed by atoms with E-state index in [1.807, 2.05) is 24.3 Å². The lowest BCUT2D eigenvalue weighted by atomic mass is 9.95. The molecule has 1 N–H and O–H groups in total. The van der Waals surface area contributed by atoms with Crippen molar-refractivity contribution >= 4 is 22.8 Å². The first-order valence-corrected chi connectivity index (χ1v) is 7.48. The fourth-order valence-electron chi connectivity index (χ4n) is 3.10. The number of piperidine rings is 1. The summed E-state index contributed by atoms with van der Waals surface area (Å²) in [6.45, 7) is 2.81. The van der Waals surface area contributed by atoms with Crippen molar-refractivity contribution in [1.82, 2.24) is 20.0 Å². The fourth-order valence-corrected chi connectivity index (χ4v) is 3.10. The van der Waals surface area contributed by atoms with Crippen molar-refractivity contribution in [1.29, 1.82) is 0 Å². The van der Waals surface area contributed by atoms with E-state index in [4.69, 9.17) is 4.74 Å². The van der Waals surface area contributed by atoms with E-state index >= 15 is 0 Å². The van der Waals surface area contributed by atoms with Crippen molar-refractivity contribution in [3.05, 3.63) is 18.6 Å². The number of aromatic nitrogens is 3. The zero-order chi connectivity index (χ0) is 15.7. The molecule has 1 saturated heterocycles. The highest BCUT2D eigenvalue weighted by atomic mass is 16.5. The molecule has 2 atom stereocenters. The smallest absolute Gasteiger partial charge is 0.310 e. The van der Waals surface area contributed by atoms with Gasteiger partial charge in [0.15, 0.2) is 5.82 Å². The number of aromatic amines is 1. The lowest BCUT2D eigenvalue weighted by Crippen LogP contribution is -2.52. The minimum atomic E-state index is -0.139. The second kappa shape index (κ2) is 5.92. The van der Waals surface area contributed by atoms with Gasteiger partial charge in [-0.1, -0.05) is 0 Å². The zero-order valence-corrected chi connectivity index (χ0v) is 13.1. The third-order valence-corrected chi connectivity index (χ3v) is 4.41. The molecule has 3 rings (SSSR count). The molecule has 1 fully saturated rings. The van der Waals surface area contributed by atoms with Gasteiger partial charge in [-0.05, 0) is 25.8 Å². The number of esters is 1.